The van der Waals surface area contributed by atoms with Crippen LogP contribution in [-0.2, 0) is 23.2 Å². The van der Waals surface area contributed by atoms with Gasteiger partial charge in [-0.1, -0.05) is 0 Å². The molecule has 1 saturated heterocycles. The number of aromatic nitrogens is 2. The molecule has 3 rings (SSSR count). The van der Waals surface area contributed by atoms with Crippen LogP contribution in [0.25, 0.3) is 0 Å². The Kier molecular flexibility index (Phi) is 4.54. The third kappa shape index (κ3) is 3.18. The van der Waals surface area contributed by atoms with E-state index in [0.29, 0.717) is 26.2 Å². The Balaban J connectivity index is 1.76. The van der Waals surface area contributed by atoms with Crippen LogP contribution in [0.15, 0.2) is 6.33 Å². The van der Waals surface area contributed by atoms with Gasteiger partial charge >= 0.3 is 0 Å². The van der Waals surface area contributed by atoms with Crippen LogP contribution in [0.4, 0.5) is 5.82 Å². The maximum atomic E-state index is 12.2. The predicted molar refractivity (Wildman–Crippen MR) is 88.5 cm³/mol. The van der Waals surface area contributed by atoms with Crippen molar-refractivity contribution in [3.63, 3.8) is 0 Å². The summed E-state index contributed by atoms with van der Waals surface area (Å²) in [6.07, 6.45) is 2.57. The quantitative estimate of drug-likeness (QED) is 0.731. The second-order valence-corrected chi connectivity index (χ2v) is 8.43. The van der Waals surface area contributed by atoms with Gasteiger partial charge in [-0.15, -0.1) is 0 Å². The molecule has 0 aliphatic carbocycles. The highest BCUT2D eigenvalue weighted by atomic mass is 32.2. The smallest absolute Gasteiger partial charge is 0.281 e. The molecule has 23 heavy (non-hydrogen) atoms. The van der Waals surface area contributed by atoms with Gasteiger partial charge in [-0.25, -0.2) is 9.97 Å². The maximum Gasteiger partial charge on any atom is 0.281 e. The van der Waals surface area contributed by atoms with Gasteiger partial charge in [0.15, 0.2) is 0 Å². The molecule has 0 N–H and O–H groups in total. The minimum Gasteiger partial charge on any atom is -0.354 e. The fraction of sp³-hybridized carbons (Fsp3) is 0.714. The number of hydrogen-bond donors (Lipinski definition) is 0. The van der Waals surface area contributed by atoms with Gasteiger partial charge in [-0.3, -0.25) is 0 Å². The zero-order valence-corrected chi connectivity index (χ0v) is 14.8. The summed E-state index contributed by atoms with van der Waals surface area (Å²) >= 11 is 0. The number of hydrogen-bond acceptors (Lipinski definition) is 6. The van der Waals surface area contributed by atoms with Crippen molar-refractivity contribution in [2.45, 2.75) is 13.0 Å². The number of nitrogens with zero attached hydrogens (tertiary/aromatic N) is 6. The van der Waals surface area contributed by atoms with E-state index >= 15 is 0 Å². The van der Waals surface area contributed by atoms with Crippen molar-refractivity contribution in [2.24, 2.45) is 0 Å². The Morgan fingerprint density at radius 2 is 1.78 bits per heavy atom. The standard InChI is InChI=1S/C14H24N6O2S/c1-17(2)23(21,22)20-8-6-19(7-9-20)14-12-10-18(3)5-4-13(12)15-11-16-14/h11H,4-10H2,1-3H3. The van der Waals surface area contributed by atoms with Crippen LogP contribution >= 0.6 is 0 Å². The lowest BCUT2D eigenvalue weighted by Gasteiger charge is -2.37. The second-order valence-electron chi connectivity index (χ2n) is 6.29. The van der Waals surface area contributed by atoms with Crippen molar-refractivity contribution in [1.82, 2.24) is 23.5 Å². The Hall–Kier alpha value is -1.29. The minimum absolute atomic E-state index is 0.481. The summed E-state index contributed by atoms with van der Waals surface area (Å²) in [4.78, 5) is 13.3. The molecule has 1 aromatic rings. The SMILES string of the molecule is CN1CCc2ncnc(N3CCN(S(=O)(=O)N(C)C)CC3)c2C1. The third-order valence-electron chi connectivity index (χ3n) is 4.50. The highest BCUT2D eigenvalue weighted by molar-refractivity contribution is 7.86. The van der Waals surface area contributed by atoms with E-state index in [-0.39, 0.29) is 0 Å². The first-order valence-electron chi connectivity index (χ1n) is 7.83. The number of rotatable bonds is 3. The fourth-order valence-electron chi connectivity index (χ4n) is 3.10. The summed E-state index contributed by atoms with van der Waals surface area (Å²) in [5.74, 6) is 0.962. The second kappa shape index (κ2) is 6.31. The van der Waals surface area contributed by atoms with Gasteiger partial charge in [0.2, 0.25) is 0 Å². The molecule has 0 bridgehead atoms. The zero-order valence-electron chi connectivity index (χ0n) is 13.9. The molecule has 1 aromatic heterocycles. The van der Waals surface area contributed by atoms with Crippen molar-refractivity contribution in [2.75, 3.05) is 58.8 Å². The van der Waals surface area contributed by atoms with Crippen LogP contribution in [0.3, 0.4) is 0 Å². The lowest BCUT2D eigenvalue weighted by Crippen LogP contribution is -2.52. The normalized spacial score (nSPS) is 20.8. The van der Waals surface area contributed by atoms with Crippen molar-refractivity contribution in [1.29, 1.82) is 0 Å². The molecule has 2 aliphatic rings. The highest BCUT2D eigenvalue weighted by Gasteiger charge is 2.30. The summed E-state index contributed by atoms with van der Waals surface area (Å²) in [7, 11) is 1.90. The Labute approximate surface area is 137 Å². The maximum absolute atomic E-state index is 12.2. The van der Waals surface area contributed by atoms with Crippen LogP contribution in [-0.4, -0.2) is 85.8 Å². The molecule has 1 fully saturated rings. The molecule has 128 valence electrons. The van der Waals surface area contributed by atoms with Gasteiger partial charge < -0.3 is 9.80 Å². The van der Waals surface area contributed by atoms with Gasteiger partial charge in [0.1, 0.15) is 12.1 Å². The molecule has 0 aromatic carbocycles. The molecule has 8 nitrogen and oxygen atoms in total. The van der Waals surface area contributed by atoms with Crippen LogP contribution in [0.2, 0.25) is 0 Å². The summed E-state index contributed by atoms with van der Waals surface area (Å²) in [5, 5.41) is 0. The summed E-state index contributed by atoms with van der Waals surface area (Å²) < 4.78 is 27.2. The molecule has 2 aliphatic heterocycles. The third-order valence-corrected chi connectivity index (χ3v) is 6.44. The van der Waals surface area contributed by atoms with E-state index in [1.54, 1.807) is 20.4 Å². The first kappa shape index (κ1) is 16.6. The Bertz CT molecular complexity index is 670. The summed E-state index contributed by atoms with van der Waals surface area (Å²) in [6, 6.07) is 0. The average molecular weight is 340 g/mol. The first-order chi connectivity index (χ1) is 10.9. The Morgan fingerprint density at radius 1 is 1.09 bits per heavy atom. The van der Waals surface area contributed by atoms with E-state index in [4.69, 9.17) is 0 Å². The van der Waals surface area contributed by atoms with E-state index in [0.717, 1.165) is 31.0 Å². The molecule has 3 heterocycles. The molecule has 0 spiro atoms. The molecule has 0 atom stereocenters. The van der Waals surface area contributed by atoms with Gasteiger partial charge in [0, 0.05) is 65.3 Å². The predicted octanol–water partition coefficient (Wildman–Crippen LogP) is -0.607. The first-order valence-corrected chi connectivity index (χ1v) is 9.23. The van der Waals surface area contributed by atoms with E-state index in [2.05, 4.69) is 26.8 Å². The molecular formula is C14H24N6O2S. The van der Waals surface area contributed by atoms with Crippen molar-refractivity contribution < 1.29 is 8.42 Å². The molecular weight excluding hydrogens is 316 g/mol. The monoisotopic (exact) mass is 340 g/mol. The zero-order chi connectivity index (χ0) is 16.6. The Morgan fingerprint density at radius 3 is 2.43 bits per heavy atom. The number of likely N-dealkylation sites (N-methyl/N-ethyl adjacent to an activating group) is 1. The molecule has 0 radical (unpaired) electrons. The molecule has 0 saturated carbocycles. The van der Waals surface area contributed by atoms with Crippen LogP contribution in [0.1, 0.15) is 11.3 Å². The van der Waals surface area contributed by atoms with Crippen LogP contribution in [0.5, 0.6) is 0 Å². The number of piperazine rings is 1. The molecule has 0 amide bonds. The topological polar surface area (TPSA) is 72.9 Å². The average Bonchev–Trinajstić information content (AvgIpc) is 2.54. The van der Waals surface area contributed by atoms with E-state index in [9.17, 15) is 8.42 Å². The van der Waals surface area contributed by atoms with Gasteiger partial charge in [-0.05, 0) is 7.05 Å². The van der Waals surface area contributed by atoms with E-state index in [1.807, 2.05) is 0 Å². The van der Waals surface area contributed by atoms with Crippen molar-refractivity contribution >= 4 is 16.0 Å². The fourth-order valence-corrected chi connectivity index (χ4v) is 4.18. The lowest BCUT2D eigenvalue weighted by atomic mass is 10.1. The van der Waals surface area contributed by atoms with E-state index in [1.165, 1.54) is 14.2 Å². The van der Waals surface area contributed by atoms with Crippen molar-refractivity contribution in [3.8, 4) is 0 Å². The lowest BCUT2D eigenvalue weighted by molar-refractivity contribution is 0.307. The molecule has 0 unspecified atom stereocenters. The van der Waals surface area contributed by atoms with Gasteiger partial charge in [0.25, 0.3) is 10.2 Å². The van der Waals surface area contributed by atoms with Gasteiger partial charge in [-0.2, -0.15) is 17.0 Å². The van der Waals surface area contributed by atoms with Gasteiger partial charge in [0.05, 0.1) is 5.69 Å². The number of fused-ring (bicyclic) bond motifs is 1. The summed E-state index contributed by atoms with van der Waals surface area (Å²) in [6.45, 7) is 4.13. The van der Waals surface area contributed by atoms with Crippen LogP contribution in [0, 0.1) is 0 Å². The van der Waals surface area contributed by atoms with Crippen LogP contribution < -0.4 is 4.90 Å². The largest absolute Gasteiger partial charge is 0.354 e. The minimum atomic E-state index is -3.33. The summed E-state index contributed by atoms with van der Waals surface area (Å²) in [5.41, 5.74) is 2.31. The molecule has 9 heteroatoms. The van der Waals surface area contributed by atoms with Crippen molar-refractivity contribution in [3.05, 3.63) is 17.6 Å². The van der Waals surface area contributed by atoms with E-state index < -0.39 is 10.2 Å². The highest BCUT2D eigenvalue weighted by Crippen LogP contribution is 2.26. The number of anilines is 1.